The van der Waals surface area contributed by atoms with Crippen LogP contribution in [-0.4, -0.2) is 36.2 Å². The van der Waals surface area contributed by atoms with Crippen LogP contribution in [0.25, 0.3) is 0 Å². The molecule has 30 heavy (non-hydrogen) atoms. The summed E-state index contributed by atoms with van der Waals surface area (Å²) in [6, 6.07) is 13.6. The highest BCUT2D eigenvalue weighted by Gasteiger charge is 2.48. The van der Waals surface area contributed by atoms with Crippen molar-refractivity contribution in [2.24, 2.45) is 4.99 Å². The fourth-order valence-electron chi connectivity index (χ4n) is 4.09. The smallest absolute Gasteiger partial charge is 0.405 e. The predicted molar refractivity (Wildman–Crippen MR) is 111 cm³/mol. The van der Waals surface area contributed by atoms with E-state index in [0.29, 0.717) is 19.4 Å². The van der Waals surface area contributed by atoms with Gasteiger partial charge in [-0.05, 0) is 43.7 Å². The van der Waals surface area contributed by atoms with Crippen LogP contribution in [-0.2, 0) is 4.79 Å². The van der Waals surface area contributed by atoms with E-state index in [4.69, 9.17) is 0 Å². The van der Waals surface area contributed by atoms with E-state index in [0.717, 1.165) is 10.2 Å². The topological polar surface area (TPSA) is 53.9 Å². The molecule has 2 aliphatic rings. The number of ether oxygens (including phenoxy) is 1. The minimum absolute atomic E-state index is 0.0172. The van der Waals surface area contributed by atoms with Crippen molar-refractivity contribution >= 4 is 33.4 Å². The van der Waals surface area contributed by atoms with Gasteiger partial charge in [-0.15, -0.1) is 13.2 Å². The molecule has 2 atom stereocenters. The normalized spacial score (nSPS) is 24.0. The van der Waals surface area contributed by atoms with E-state index in [2.05, 4.69) is 35.9 Å². The number of carbonyl (C=O) groups is 1. The lowest BCUT2D eigenvalue weighted by Gasteiger charge is -2.42. The van der Waals surface area contributed by atoms with Gasteiger partial charge in [-0.3, -0.25) is 9.79 Å². The zero-order chi connectivity index (χ0) is 21.5. The van der Waals surface area contributed by atoms with E-state index in [1.54, 1.807) is 6.07 Å². The van der Waals surface area contributed by atoms with Crippen LogP contribution < -0.4 is 15.0 Å². The number of aliphatic imine (C=N–C) groups is 1. The van der Waals surface area contributed by atoms with Crippen molar-refractivity contribution in [2.75, 3.05) is 11.4 Å². The molecular weight excluding hydrogens is 463 g/mol. The first-order valence-corrected chi connectivity index (χ1v) is 10.2. The van der Waals surface area contributed by atoms with Crippen molar-refractivity contribution in [3.05, 3.63) is 58.6 Å². The summed E-state index contributed by atoms with van der Waals surface area (Å²) in [5.74, 6) is -0.566. The Labute approximate surface area is 180 Å². The Kier molecular flexibility index (Phi) is 5.25. The SMILES string of the molecule is C[C@H]1C[C@@]2(CCN1c1cccc(Br)c1)N=C(c1ccccc1OC(F)(F)F)NC2=O. The monoisotopic (exact) mass is 481 g/mol. The summed E-state index contributed by atoms with van der Waals surface area (Å²) in [5.41, 5.74) is 0.156. The van der Waals surface area contributed by atoms with Crippen LogP contribution in [0.2, 0.25) is 0 Å². The van der Waals surface area contributed by atoms with Crippen molar-refractivity contribution in [1.82, 2.24) is 5.32 Å². The largest absolute Gasteiger partial charge is 0.573 e. The number of halogens is 4. The first-order chi connectivity index (χ1) is 14.2. The maximum atomic E-state index is 12.9. The average molecular weight is 482 g/mol. The van der Waals surface area contributed by atoms with Gasteiger partial charge >= 0.3 is 6.36 Å². The van der Waals surface area contributed by atoms with Gasteiger partial charge < -0.3 is 15.0 Å². The first-order valence-electron chi connectivity index (χ1n) is 9.45. The standard InChI is InChI=1S/C21H19BrF3N3O2/c1-13-12-20(9-10-28(13)15-6-4-5-14(22)11-15)19(29)26-18(27-20)16-7-2-3-8-17(16)30-21(23,24)25/h2-8,11,13H,9-10,12H2,1H3,(H,26,27,29)/t13-,20+/m0/s1. The minimum Gasteiger partial charge on any atom is -0.405 e. The molecule has 2 aromatic rings. The molecule has 1 N–H and O–H groups in total. The number of hydrogen-bond donors (Lipinski definition) is 1. The zero-order valence-corrected chi connectivity index (χ0v) is 17.6. The molecule has 0 aliphatic carbocycles. The Morgan fingerprint density at radius 1 is 1.23 bits per heavy atom. The van der Waals surface area contributed by atoms with Crippen LogP contribution in [0.3, 0.4) is 0 Å². The number of carbonyl (C=O) groups excluding carboxylic acids is 1. The molecule has 2 heterocycles. The fraction of sp³-hybridized carbons (Fsp3) is 0.333. The van der Waals surface area contributed by atoms with Crippen molar-refractivity contribution in [3.8, 4) is 5.75 Å². The second-order valence-electron chi connectivity index (χ2n) is 7.47. The van der Waals surface area contributed by atoms with Crippen LogP contribution >= 0.6 is 15.9 Å². The van der Waals surface area contributed by atoms with Gasteiger partial charge in [-0.25, -0.2) is 0 Å². The van der Waals surface area contributed by atoms with E-state index in [1.807, 2.05) is 31.2 Å². The summed E-state index contributed by atoms with van der Waals surface area (Å²) < 4.78 is 43.4. The van der Waals surface area contributed by atoms with Crippen molar-refractivity contribution in [1.29, 1.82) is 0 Å². The van der Waals surface area contributed by atoms with Gasteiger partial charge in [-0.2, -0.15) is 0 Å². The summed E-state index contributed by atoms with van der Waals surface area (Å²) in [6.45, 7) is 2.62. The third-order valence-corrected chi connectivity index (χ3v) is 5.91. The van der Waals surface area contributed by atoms with Crippen LogP contribution in [0.5, 0.6) is 5.75 Å². The van der Waals surface area contributed by atoms with Gasteiger partial charge in [0.05, 0.1) is 5.56 Å². The number of amidine groups is 1. The highest BCUT2D eigenvalue weighted by atomic mass is 79.9. The number of alkyl halides is 3. The lowest BCUT2D eigenvalue weighted by Crippen LogP contribution is -2.53. The molecule has 1 amide bonds. The second kappa shape index (κ2) is 7.61. The Morgan fingerprint density at radius 2 is 2.00 bits per heavy atom. The Hall–Kier alpha value is -2.55. The van der Waals surface area contributed by atoms with Gasteiger partial charge in [0.25, 0.3) is 5.91 Å². The molecule has 1 fully saturated rings. The van der Waals surface area contributed by atoms with Gasteiger partial charge in [0.15, 0.2) is 0 Å². The molecule has 0 unspecified atom stereocenters. The number of benzene rings is 2. The van der Waals surface area contributed by atoms with Crippen LogP contribution in [0, 0.1) is 0 Å². The molecule has 1 saturated heterocycles. The second-order valence-corrected chi connectivity index (χ2v) is 8.38. The van der Waals surface area contributed by atoms with Crippen molar-refractivity contribution in [2.45, 2.75) is 37.7 Å². The lowest BCUT2D eigenvalue weighted by molar-refractivity contribution is -0.274. The maximum absolute atomic E-state index is 12.9. The van der Waals surface area contributed by atoms with Crippen LogP contribution in [0.1, 0.15) is 25.3 Å². The molecular formula is C21H19BrF3N3O2. The highest BCUT2D eigenvalue weighted by molar-refractivity contribution is 9.10. The van der Waals surface area contributed by atoms with E-state index < -0.39 is 11.9 Å². The summed E-state index contributed by atoms with van der Waals surface area (Å²) >= 11 is 3.47. The molecule has 158 valence electrons. The molecule has 2 aromatic carbocycles. The van der Waals surface area contributed by atoms with Crippen molar-refractivity contribution < 1.29 is 22.7 Å². The maximum Gasteiger partial charge on any atom is 0.573 e. The molecule has 9 heteroatoms. The molecule has 1 spiro atoms. The molecule has 0 saturated carbocycles. The van der Waals surface area contributed by atoms with E-state index >= 15 is 0 Å². The molecule has 0 radical (unpaired) electrons. The molecule has 5 nitrogen and oxygen atoms in total. The number of nitrogens with zero attached hydrogens (tertiary/aromatic N) is 2. The summed E-state index contributed by atoms with van der Waals surface area (Å²) in [6.07, 6.45) is -3.92. The molecule has 2 aliphatic heterocycles. The Balaban J connectivity index is 1.61. The Morgan fingerprint density at radius 3 is 2.70 bits per heavy atom. The average Bonchev–Trinajstić information content (AvgIpc) is 2.96. The highest BCUT2D eigenvalue weighted by Crippen LogP contribution is 2.38. The van der Waals surface area contributed by atoms with Gasteiger partial charge in [-0.1, -0.05) is 34.1 Å². The molecule has 4 rings (SSSR count). The van der Waals surface area contributed by atoms with Crippen molar-refractivity contribution in [3.63, 3.8) is 0 Å². The zero-order valence-electron chi connectivity index (χ0n) is 16.0. The number of para-hydroxylation sites is 1. The number of piperidine rings is 1. The number of hydrogen-bond acceptors (Lipinski definition) is 4. The Bertz CT molecular complexity index is 1010. The van der Waals surface area contributed by atoms with Crippen LogP contribution in [0.4, 0.5) is 18.9 Å². The summed E-state index contributed by atoms with van der Waals surface area (Å²) in [4.78, 5) is 19.7. The number of anilines is 1. The third-order valence-electron chi connectivity index (χ3n) is 5.42. The predicted octanol–water partition coefficient (Wildman–Crippen LogP) is 4.65. The van der Waals surface area contributed by atoms with Gasteiger partial charge in [0.1, 0.15) is 17.1 Å². The van der Waals surface area contributed by atoms with Gasteiger partial charge in [0, 0.05) is 29.2 Å². The van der Waals surface area contributed by atoms with E-state index in [-0.39, 0.29) is 29.1 Å². The summed E-state index contributed by atoms with van der Waals surface area (Å²) in [5, 5.41) is 2.68. The third kappa shape index (κ3) is 4.03. The number of amides is 1. The fourth-order valence-corrected chi connectivity index (χ4v) is 4.48. The number of nitrogens with one attached hydrogen (secondary N) is 1. The van der Waals surface area contributed by atoms with Crippen LogP contribution in [0.15, 0.2) is 58.0 Å². The molecule has 0 bridgehead atoms. The quantitative estimate of drug-likeness (QED) is 0.693. The summed E-state index contributed by atoms with van der Waals surface area (Å²) in [7, 11) is 0. The number of rotatable bonds is 3. The minimum atomic E-state index is -4.83. The lowest BCUT2D eigenvalue weighted by atomic mass is 9.83. The van der Waals surface area contributed by atoms with E-state index in [9.17, 15) is 18.0 Å². The molecule has 0 aromatic heterocycles. The van der Waals surface area contributed by atoms with Gasteiger partial charge in [0.2, 0.25) is 0 Å². The first kappa shape index (κ1) is 20.7. The van der Waals surface area contributed by atoms with E-state index in [1.165, 1.54) is 18.2 Å².